The summed E-state index contributed by atoms with van der Waals surface area (Å²) >= 11 is 0. The standard InChI is InChI=1S/C11H10F4O2/c1-3-17-10-8(6(2)16)4-7(5-9(10)12)11(13,14)15/h4-5H,3H2,1-2H3. The van der Waals surface area contributed by atoms with E-state index in [4.69, 9.17) is 4.74 Å². The molecular weight excluding hydrogens is 240 g/mol. The Labute approximate surface area is 95.2 Å². The number of ether oxygens (including phenoxy) is 1. The van der Waals surface area contributed by atoms with Crippen molar-refractivity contribution in [3.8, 4) is 5.75 Å². The van der Waals surface area contributed by atoms with Crippen molar-refractivity contribution in [3.63, 3.8) is 0 Å². The fourth-order valence-electron chi connectivity index (χ4n) is 1.31. The van der Waals surface area contributed by atoms with Crippen LogP contribution in [0, 0.1) is 5.82 Å². The van der Waals surface area contributed by atoms with E-state index in [2.05, 4.69) is 0 Å². The SMILES string of the molecule is CCOc1c(F)cc(C(F)(F)F)cc1C(C)=O. The minimum absolute atomic E-state index is 0.0581. The second kappa shape index (κ2) is 4.73. The molecule has 0 aliphatic carbocycles. The van der Waals surface area contributed by atoms with Gasteiger partial charge in [0.05, 0.1) is 17.7 Å². The van der Waals surface area contributed by atoms with Gasteiger partial charge in [0.2, 0.25) is 0 Å². The van der Waals surface area contributed by atoms with Crippen LogP contribution >= 0.6 is 0 Å². The van der Waals surface area contributed by atoms with Gasteiger partial charge in [-0.05, 0) is 26.0 Å². The number of Topliss-reactive ketones (excluding diaryl/α,β-unsaturated/α-hetero) is 1. The van der Waals surface area contributed by atoms with E-state index in [0.29, 0.717) is 12.1 Å². The molecule has 0 unspecified atom stereocenters. The maximum atomic E-state index is 13.4. The van der Waals surface area contributed by atoms with E-state index in [-0.39, 0.29) is 6.61 Å². The Morgan fingerprint density at radius 1 is 1.35 bits per heavy atom. The fourth-order valence-corrected chi connectivity index (χ4v) is 1.31. The molecule has 0 bridgehead atoms. The Hall–Kier alpha value is -1.59. The molecule has 2 nitrogen and oxygen atoms in total. The number of alkyl halides is 3. The number of benzene rings is 1. The first-order chi connectivity index (χ1) is 7.77. The van der Waals surface area contributed by atoms with E-state index in [1.54, 1.807) is 6.92 Å². The third-order valence-electron chi connectivity index (χ3n) is 2.04. The molecule has 0 atom stereocenters. The number of carbonyl (C=O) groups is 1. The molecule has 17 heavy (non-hydrogen) atoms. The summed E-state index contributed by atoms with van der Waals surface area (Å²) < 4.78 is 55.5. The van der Waals surface area contributed by atoms with Gasteiger partial charge < -0.3 is 4.74 Å². The van der Waals surface area contributed by atoms with Crippen LogP contribution in [0.25, 0.3) is 0 Å². The maximum Gasteiger partial charge on any atom is 0.416 e. The molecule has 0 N–H and O–H groups in total. The highest BCUT2D eigenvalue weighted by atomic mass is 19.4. The summed E-state index contributed by atoms with van der Waals surface area (Å²) in [5.41, 5.74) is -1.61. The van der Waals surface area contributed by atoms with Crippen LogP contribution in [0.1, 0.15) is 29.8 Å². The van der Waals surface area contributed by atoms with E-state index in [1.807, 2.05) is 0 Å². The Morgan fingerprint density at radius 3 is 2.35 bits per heavy atom. The van der Waals surface area contributed by atoms with E-state index >= 15 is 0 Å². The van der Waals surface area contributed by atoms with Crippen LogP contribution in [0.2, 0.25) is 0 Å². The minimum atomic E-state index is -4.70. The highest BCUT2D eigenvalue weighted by Crippen LogP contribution is 2.34. The van der Waals surface area contributed by atoms with Crippen LogP contribution in [0.3, 0.4) is 0 Å². The Bertz CT molecular complexity index is 438. The predicted molar refractivity (Wildman–Crippen MR) is 52.6 cm³/mol. The summed E-state index contributed by atoms with van der Waals surface area (Å²) in [4.78, 5) is 11.2. The van der Waals surface area contributed by atoms with Crippen LogP contribution < -0.4 is 4.74 Å². The monoisotopic (exact) mass is 250 g/mol. The number of carbonyl (C=O) groups excluding carboxylic acids is 1. The van der Waals surface area contributed by atoms with Gasteiger partial charge in [0, 0.05) is 0 Å². The van der Waals surface area contributed by atoms with Crippen LogP contribution in [0.4, 0.5) is 17.6 Å². The second-order valence-corrected chi connectivity index (χ2v) is 3.32. The first kappa shape index (κ1) is 13.5. The lowest BCUT2D eigenvalue weighted by molar-refractivity contribution is -0.137. The highest BCUT2D eigenvalue weighted by molar-refractivity contribution is 5.97. The average molecular weight is 250 g/mol. The van der Waals surface area contributed by atoms with Gasteiger partial charge in [0.25, 0.3) is 0 Å². The molecule has 1 aromatic carbocycles. The summed E-state index contributed by atoms with van der Waals surface area (Å²) in [5.74, 6) is -2.31. The Morgan fingerprint density at radius 2 is 1.94 bits per heavy atom. The highest BCUT2D eigenvalue weighted by Gasteiger charge is 2.33. The molecule has 0 aliphatic heterocycles. The van der Waals surface area contributed by atoms with Crippen molar-refractivity contribution in [2.75, 3.05) is 6.61 Å². The summed E-state index contributed by atoms with van der Waals surface area (Å²) in [7, 11) is 0. The summed E-state index contributed by atoms with van der Waals surface area (Å²) in [6, 6.07) is 0.911. The number of hydrogen-bond donors (Lipinski definition) is 0. The molecule has 0 fully saturated rings. The number of hydrogen-bond acceptors (Lipinski definition) is 2. The molecule has 0 aromatic heterocycles. The van der Waals surface area contributed by atoms with Gasteiger partial charge in [0.15, 0.2) is 17.3 Å². The first-order valence-corrected chi connectivity index (χ1v) is 4.81. The molecule has 0 radical (unpaired) electrons. The summed E-state index contributed by atoms with van der Waals surface area (Å²) in [6.07, 6.45) is -4.70. The topological polar surface area (TPSA) is 26.3 Å². The summed E-state index contributed by atoms with van der Waals surface area (Å²) in [5, 5.41) is 0. The lowest BCUT2D eigenvalue weighted by atomic mass is 10.1. The zero-order valence-electron chi connectivity index (χ0n) is 9.19. The third kappa shape index (κ3) is 2.95. The molecule has 1 rings (SSSR count). The minimum Gasteiger partial charge on any atom is -0.490 e. The Kier molecular flexibility index (Phi) is 3.75. The van der Waals surface area contributed by atoms with Crippen molar-refractivity contribution in [2.45, 2.75) is 20.0 Å². The summed E-state index contributed by atoms with van der Waals surface area (Å²) in [6.45, 7) is 2.65. The normalized spacial score (nSPS) is 11.4. The van der Waals surface area contributed by atoms with Gasteiger partial charge in [-0.15, -0.1) is 0 Å². The molecule has 0 amide bonds. The third-order valence-corrected chi connectivity index (χ3v) is 2.04. The van der Waals surface area contributed by atoms with E-state index < -0.39 is 34.7 Å². The zero-order valence-corrected chi connectivity index (χ0v) is 9.19. The van der Waals surface area contributed by atoms with Crippen molar-refractivity contribution in [3.05, 3.63) is 29.1 Å². The molecule has 1 aromatic rings. The van der Waals surface area contributed by atoms with Crippen LogP contribution in [-0.2, 0) is 6.18 Å². The van der Waals surface area contributed by atoms with Gasteiger partial charge in [-0.25, -0.2) is 4.39 Å². The smallest absolute Gasteiger partial charge is 0.416 e. The molecule has 0 saturated heterocycles. The molecule has 0 spiro atoms. The van der Waals surface area contributed by atoms with E-state index in [9.17, 15) is 22.4 Å². The van der Waals surface area contributed by atoms with Crippen LogP contribution in [0.15, 0.2) is 12.1 Å². The molecule has 0 aliphatic rings. The fraction of sp³-hybridized carbons (Fsp3) is 0.364. The van der Waals surface area contributed by atoms with Crippen LogP contribution in [0.5, 0.6) is 5.75 Å². The average Bonchev–Trinajstić information content (AvgIpc) is 2.18. The van der Waals surface area contributed by atoms with Gasteiger partial charge >= 0.3 is 6.18 Å². The van der Waals surface area contributed by atoms with Crippen molar-refractivity contribution in [1.82, 2.24) is 0 Å². The zero-order chi connectivity index (χ0) is 13.2. The van der Waals surface area contributed by atoms with Gasteiger partial charge in [-0.2, -0.15) is 13.2 Å². The van der Waals surface area contributed by atoms with Crippen molar-refractivity contribution in [2.24, 2.45) is 0 Å². The molecule has 0 heterocycles. The predicted octanol–water partition coefficient (Wildman–Crippen LogP) is 3.45. The lowest BCUT2D eigenvalue weighted by Gasteiger charge is -2.13. The van der Waals surface area contributed by atoms with E-state index in [0.717, 1.165) is 6.92 Å². The molecule has 0 saturated carbocycles. The number of rotatable bonds is 3. The quantitative estimate of drug-likeness (QED) is 0.606. The molecule has 94 valence electrons. The second-order valence-electron chi connectivity index (χ2n) is 3.32. The van der Waals surface area contributed by atoms with Gasteiger partial charge in [0.1, 0.15) is 0 Å². The number of ketones is 1. The van der Waals surface area contributed by atoms with Crippen LogP contribution in [-0.4, -0.2) is 12.4 Å². The van der Waals surface area contributed by atoms with Crippen molar-refractivity contribution in [1.29, 1.82) is 0 Å². The largest absolute Gasteiger partial charge is 0.490 e. The number of halogens is 4. The Balaban J connectivity index is 3.41. The lowest BCUT2D eigenvalue weighted by Crippen LogP contribution is -2.10. The van der Waals surface area contributed by atoms with Crippen molar-refractivity contribution < 1.29 is 27.1 Å². The first-order valence-electron chi connectivity index (χ1n) is 4.81. The molecule has 6 heteroatoms. The van der Waals surface area contributed by atoms with Crippen molar-refractivity contribution >= 4 is 5.78 Å². The van der Waals surface area contributed by atoms with Gasteiger partial charge in [-0.1, -0.05) is 0 Å². The van der Waals surface area contributed by atoms with Gasteiger partial charge in [-0.3, -0.25) is 4.79 Å². The maximum absolute atomic E-state index is 13.4. The molecular formula is C11H10F4O2. The van der Waals surface area contributed by atoms with E-state index in [1.165, 1.54) is 0 Å².